The zero-order chi connectivity index (χ0) is 21.3. The molecule has 30 heavy (non-hydrogen) atoms. The van der Waals surface area contributed by atoms with E-state index in [1.165, 1.54) is 12.4 Å². The summed E-state index contributed by atoms with van der Waals surface area (Å²) in [6.07, 6.45) is 4.09. The third kappa shape index (κ3) is 6.04. The van der Waals surface area contributed by atoms with E-state index >= 15 is 0 Å². The highest BCUT2D eigenvalue weighted by Crippen LogP contribution is 2.20. The number of hydrazone groups is 1. The number of nitrogens with zero attached hydrogens (tertiary/aromatic N) is 5. The number of aliphatic imine (C=N–C) groups is 1. The van der Waals surface area contributed by atoms with Crippen molar-refractivity contribution in [2.45, 2.75) is 13.3 Å². The molecule has 10 heteroatoms. The molecule has 0 saturated carbocycles. The maximum atomic E-state index is 14.0. The molecule has 8 nitrogen and oxygen atoms in total. The largest absolute Gasteiger partial charge is 0.378 e. The van der Waals surface area contributed by atoms with Crippen LogP contribution in [0.1, 0.15) is 11.1 Å². The molecular formula is C20H22ClFN6O2. The molecule has 0 atom stereocenters. The first-order valence-corrected chi connectivity index (χ1v) is 9.81. The quantitative estimate of drug-likeness (QED) is 0.509. The van der Waals surface area contributed by atoms with Gasteiger partial charge in [-0.1, -0.05) is 23.7 Å². The molecule has 0 spiro atoms. The van der Waals surface area contributed by atoms with Crippen molar-refractivity contribution in [2.24, 2.45) is 10.1 Å². The van der Waals surface area contributed by atoms with Crippen molar-refractivity contribution >= 4 is 41.6 Å². The highest BCUT2D eigenvalue weighted by molar-refractivity contribution is 6.31. The number of hydrogen-bond acceptors (Lipinski definition) is 8. The van der Waals surface area contributed by atoms with E-state index in [1.807, 2.05) is 19.1 Å². The van der Waals surface area contributed by atoms with Crippen molar-refractivity contribution in [1.82, 2.24) is 9.97 Å². The van der Waals surface area contributed by atoms with Gasteiger partial charge in [0, 0.05) is 30.7 Å². The van der Waals surface area contributed by atoms with E-state index in [2.05, 4.69) is 25.5 Å². The summed E-state index contributed by atoms with van der Waals surface area (Å²) in [5.41, 5.74) is 4.42. The van der Waals surface area contributed by atoms with E-state index in [9.17, 15) is 9.18 Å². The molecule has 1 aromatic heterocycles. The van der Waals surface area contributed by atoms with E-state index in [1.54, 1.807) is 11.0 Å². The third-order valence-electron chi connectivity index (χ3n) is 4.44. The first-order chi connectivity index (χ1) is 14.5. The average Bonchev–Trinajstić information content (AvgIpc) is 2.75. The van der Waals surface area contributed by atoms with Crippen molar-refractivity contribution in [3.8, 4) is 0 Å². The van der Waals surface area contributed by atoms with E-state index in [4.69, 9.17) is 16.3 Å². The molecule has 2 heterocycles. The number of halogens is 2. The monoisotopic (exact) mass is 432 g/mol. The van der Waals surface area contributed by atoms with Gasteiger partial charge in [-0.05, 0) is 24.1 Å². The summed E-state index contributed by atoms with van der Waals surface area (Å²) >= 11 is 6.14. The molecule has 0 bridgehead atoms. The Morgan fingerprint density at radius 3 is 2.93 bits per heavy atom. The van der Waals surface area contributed by atoms with Gasteiger partial charge in [-0.3, -0.25) is 9.79 Å². The van der Waals surface area contributed by atoms with Crippen molar-refractivity contribution in [2.75, 3.05) is 43.2 Å². The number of anilines is 2. The fraction of sp³-hybridized carbons (Fsp3) is 0.350. The van der Waals surface area contributed by atoms with Gasteiger partial charge in [-0.25, -0.2) is 14.8 Å². The first kappa shape index (κ1) is 21.8. The highest BCUT2D eigenvalue weighted by atomic mass is 35.5. The second-order valence-corrected chi connectivity index (χ2v) is 7.00. The van der Waals surface area contributed by atoms with E-state index in [0.717, 1.165) is 17.3 Å². The predicted molar refractivity (Wildman–Crippen MR) is 115 cm³/mol. The second kappa shape index (κ2) is 10.7. The number of morpholine rings is 1. The van der Waals surface area contributed by atoms with Crippen LogP contribution in [0.15, 0.2) is 34.5 Å². The smallest absolute Gasteiger partial charge is 0.245 e. The second-order valence-electron chi connectivity index (χ2n) is 6.60. The van der Waals surface area contributed by atoms with Crippen LogP contribution in [0.25, 0.3) is 0 Å². The lowest BCUT2D eigenvalue weighted by Gasteiger charge is -2.27. The van der Waals surface area contributed by atoms with Crippen molar-refractivity contribution in [3.63, 3.8) is 0 Å². The van der Waals surface area contributed by atoms with Crippen LogP contribution in [0.2, 0.25) is 5.02 Å². The SMILES string of the molecule is Cc1cccc(Cl)c1CC(=O)CN=C/C=N/Nc1ncc(F)c(N2CCOCC2)n1. The van der Waals surface area contributed by atoms with Crippen LogP contribution < -0.4 is 10.3 Å². The van der Waals surface area contributed by atoms with Crippen LogP contribution in [0.3, 0.4) is 0 Å². The number of carbonyl (C=O) groups is 1. The lowest BCUT2D eigenvalue weighted by molar-refractivity contribution is -0.117. The normalized spacial score (nSPS) is 14.6. The molecule has 2 aromatic rings. The molecule has 0 aliphatic carbocycles. The molecular weight excluding hydrogens is 411 g/mol. The number of aromatic nitrogens is 2. The fourth-order valence-electron chi connectivity index (χ4n) is 2.88. The summed E-state index contributed by atoms with van der Waals surface area (Å²) in [7, 11) is 0. The minimum Gasteiger partial charge on any atom is -0.378 e. The molecule has 158 valence electrons. The third-order valence-corrected chi connectivity index (χ3v) is 4.80. The predicted octanol–water partition coefficient (Wildman–Crippen LogP) is 2.69. The lowest BCUT2D eigenvalue weighted by atomic mass is 10.0. The number of ether oxygens (including phenoxy) is 1. The Hall–Kier alpha value is -2.91. The number of ketones is 1. The molecule has 0 amide bonds. The van der Waals surface area contributed by atoms with Crippen LogP contribution in [0.4, 0.5) is 16.2 Å². The zero-order valence-corrected chi connectivity index (χ0v) is 17.3. The topological polar surface area (TPSA) is 92.1 Å². The van der Waals surface area contributed by atoms with Gasteiger partial charge < -0.3 is 9.64 Å². The summed E-state index contributed by atoms with van der Waals surface area (Å²) in [6.45, 7) is 4.10. The average molecular weight is 433 g/mol. The maximum Gasteiger partial charge on any atom is 0.245 e. The highest BCUT2D eigenvalue weighted by Gasteiger charge is 2.17. The molecule has 1 N–H and O–H groups in total. The van der Waals surface area contributed by atoms with E-state index in [-0.39, 0.29) is 30.5 Å². The van der Waals surface area contributed by atoms with Crippen LogP contribution in [-0.4, -0.2) is 61.0 Å². The number of Topliss-reactive ketones (excluding diaryl/α,β-unsaturated/α-hetero) is 1. The number of nitrogens with one attached hydrogen (secondary N) is 1. The summed E-state index contributed by atoms with van der Waals surface area (Å²) in [6, 6.07) is 5.53. The van der Waals surface area contributed by atoms with Gasteiger partial charge in [0.25, 0.3) is 0 Å². The minimum atomic E-state index is -0.500. The first-order valence-electron chi connectivity index (χ1n) is 9.43. The molecule has 0 unspecified atom stereocenters. The van der Waals surface area contributed by atoms with Gasteiger partial charge in [0.05, 0.1) is 32.2 Å². The zero-order valence-electron chi connectivity index (χ0n) is 16.5. The Bertz CT molecular complexity index is 927. The van der Waals surface area contributed by atoms with Gasteiger partial charge in [0.15, 0.2) is 17.4 Å². The number of rotatable bonds is 8. The summed E-state index contributed by atoms with van der Waals surface area (Å²) in [4.78, 5) is 25.9. The Morgan fingerprint density at radius 2 is 2.17 bits per heavy atom. The Morgan fingerprint density at radius 1 is 1.37 bits per heavy atom. The fourth-order valence-corrected chi connectivity index (χ4v) is 3.17. The van der Waals surface area contributed by atoms with Gasteiger partial charge in [0.2, 0.25) is 5.95 Å². The number of aryl methyl sites for hydroxylation is 1. The van der Waals surface area contributed by atoms with Crippen LogP contribution in [-0.2, 0) is 16.0 Å². The Kier molecular flexibility index (Phi) is 7.81. The molecule has 3 rings (SSSR count). The number of hydrogen-bond donors (Lipinski definition) is 1. The van der Waals surface area contributed by atoms with Crippen LogP contribution in [0.5, 0.6) is 0 Å². The molecule has 1 saturated heterocycles. The molecule has 1 aliphatic rings. The summed E-state index contributed by atoms with van der Waals surface area (Å²) in [5.74, 6) is -0.186. The minimum absolute atomic E-state index is 0.0188. The van der Waals surface area contributed by atoms with Crippen LogP contribution in [0, 0.1) is 12.7 Å². The summed E-state index contributed by atoms with van der Waals surface area (Å²) in [5, 5.41) is 4.50. The molecule has 1 aromatic carbocycles. The van der Waals surface area contributed by atoms with Crippen LogP contribution >= 0.6 is 11.6 Å². The van der Waals surface area contributed by atoms with Gasteiger partial charge in [-0.2, -0.15) is 10.1 Å². The van der Waals surface area contributed by atoms with Crippen molar-refractivity contribution < 1.29 is 13.9 Å². The number of carbonyl (C=O) groups excluding carboxylic acids is 1. The van der Waals surface area contributed by atoms with Gasteiger partial charge in [0.1, 0.15) is 0 Å². The molecule has 1 fully saturated rings. The van der Waals surface area contributed by atoms with E-state index in [0.29, 0.717) is 31.3 Å². The lowest BCUT2D eigenvalue weighted by Crippen LogP contribution is -2.37. The summed E-state index contributed by atoms with van der Waals surface area (Å²) < 4.78 is 19.3. The Labute approximate surface area is 178 Å². The Balaban J connectivity index is 1.49. The maximum absolute atomic E-state index is 14.0. The van der Waals surface area contributed by atoms with Crippen molar-refractivity contribution in [1.29, 1.82) is 0 Å². The van der Waals surface area contributed by atoms with E-state index < -0.39 is 5.82 Å². The molecule has 0 radical (unpaired) electrons. The standard InChI is InChI=1S/C20H22ClFN6O2/c1-14-3-2-4-17(21)16(14)11-15(29)12-23-5-6-25-27-20-24-13-18(22)19(26-20)28-7-9-30-10-8-28/h2-6,13H,7-12H2,1H3,(H,24,26,27)/b23-5?,25-6+. The molecule has 1 aliphatic heterocycles. The number of benzene rings is 1. The van der Waals surface area contributed by atoms with Gasteiger partial charge in [-0.15, -0.1) is 0 Å². The van der Waals surface area contributed by atoms with Crippen molar-refractivity contribution in [3.05, 3.63) is 46.4 Å². The van der Waals surface area contributed by atoms with Gasteiger partial charge >= 0.3 is 0 Å².